The van der Waals surface area contributed by atoms with Crippen LogP contribution < -0.4 is 10.1 Å². The Hall–Kier alpha value is -3.17. The van der Waals surface area contributed by atoms with Gasteiger partial charge >= 0.3 is 0 Å². The molecular weight excluding hydrogens is 348 g/mol. The second kappa shape index (κ2) is 6.75. The van der Waals surface area contributed by atoms with Gasteiger partial charge in [0.2, 0.25) is 11.6 Å². The molecule has 0 saturated heterocycles. The lowest BCUT2D eigenvalue weighted by molar-refractivity contribution is -0.384. The van der Waals surface area contributed by atoms with E-state index in [0.29, 0.717) is 5.56 Å². The molecule has 0 saturated carbocycles. The Morgan fingerprint density at radius 1 is 1.12 bits per heavy atom. The predicted octanol–water partition coefficient (Wildman–Crippen LogP) is 3.72. The summed E-state index contributed by atoms with van der Waals surface area (Å²) in [5.74, 6) is -10.5. The van der Waals surface area contributed by atoms with Crippen LogP contribution in [0.15, 0.2) is 18.2 Å². The SMILES string of the molecule is COc1c(F)c(F)c(C(=O)Nc2cc([N+](=O)[O-])ccc2C)c(F)c1F. The van der Waals surface area contributed by atoms with Gasteiger partial charge in [-0.3, -0.25) is 14.9 Å². The molecule has 2 rings (SSSR count). The topological polar surface area (TPSA) is 81.5 Å². The Morgan fingerprint density at radius 3 is 2.16 bits per heavy atom. The zero-order chi connectivity index (χ0) is 18.9. The number of aryl methyl sites for hydroxylation is 1. The fourth-order valence-electron chi connectivity index (χ4n) is 2.03. The van der Waals surface area contributed by atoms with Crippen molar-refractivity contribution in [2.75, 3.05) is 12.4 Å². The minimum absolute atomic E-state index is 0.144. The summed E-state index contributed by atoms with van der Waals surface area (Å²) in [5, 5.41) is 12.7. The molecule has 6 nitrogen and oxygen atoms in total. The molecule has 1 amide bonds. The molecule has 0 heterocycles. The van der Waals surface area contributed by atoms with Crippen molar-refractivity contribution in [2.24, 2.45) is 0 Å². The maximum Gasteiger partial charge on any atom is 0.271 e. The van der Waals surface area contributed by atoms with Crippen molar-refractivity contribution in [3.8, 4) is 5.75 Å². The van der Waals surface area contributed by atoms with Crippen LogP contribution in [0, 0.1) is 40.3 Å². The number of amides is 1. The summed E-state index contributed by atoms with van der Waals surface area (Å²) in [6.07, 6.45) is 0. The number of carbonyl (C=O) groups is 1. The molecule has 2 aromatic rings. The fraction of sp³-hybridized carbons (Fsp3) is 0.133. The number of carbonyl (C=O) groups excluding carboxylic acids is 1. The summed E-state index contributed by atoms with van der Waals surface area (Å²) >= 11 is 0. The number of hydrogen-bond acceptors (Lipinski definition) is 4. The van der Waals surface area contributed by atoms with E-state index >= 15 is 0 Å². The van der Waals surface area contributed by atoms with Crippen molar-refractivity contribution in [2.45, 2.75) is 6.92 Å². The van der Waals surface area contributed by atoms with Crippen LogP contribution in [0.4, 0.5) is 28.9 Å². The smallest absolute Gasteiger partial charge is 0.271 e. The highest BCUT2D eigenvalue weighted by molar-refractivity contribution is 6.05. The van der Waals surface area contributed by atoms with Crippen molar-refractivity contribution in [3.05, 3.63) is 62.7 Å². The summed E-state index contributed by atoms with van der Waals surface area (Å²) in [5.41, 5.74) is -1.72. The third-order valence-corrected chi connectivity index (χ3v) is 3.33. The molecular formula is C15H10F4N2O4. The average Bonchev–Trinajstić information content (AvgIpc) is 2.55. The molecule has 1 N–H and O–H groups in total. The van der Waals surface area contributed by atoms with Crippen LogP contribution >= 0.6 is 0 Å². The van der Waals surface area contributed by atoms with E-state index in [0.717, 1.165) is 19.2 Å². The lowest BCUT2D eigenvalue weighted by Gasteiger charge is -2.12. The first-order valence-electron chi connectivity index (χ1n) is 6.65. The number of nitro groups is 1. The number of rotatable bonds is 4. The van der Waals surface area contributed by atoms with Gasteiger partial charge in [0.25, 0.3) is 11.6 Å². The molecule has 132 valence electrons. The number of methoxy groups -OCH3 is 1. The second-order valence-electron chi connectivity index (χ2n) is 4.87. The monoisotopic (exact) mass is 358 g/mol. The molecule has 0 aliphatic carbocycles. The van der Waals surface area contributed by atoms with Gasteiger partial charge in [-0.15, -0.1) is 0 Å². The zero-order valence-electron chi connectivity index (χ0n) is 12.8. The van der Waals surface area contributed by atoms with Crippen LogP contribution in [-0.2, 0) is 0 Å². The molecule has 0 aromatic heterocycles. The number of non-ortho nitro benzene ring substituents is 1. The first-order chi connectivity index (χ1) is 11.7. The molecule has 25 heavy (non-hydrogen) atoms. The highest BCUT2D eigenvalue weighted by Crippen LogP contribution is 2.31. The molecule has 0 aliphatic rings. The molecule has 2 aromatic carbocycles. The van der Waals surface area contributed by atoms with Gasteiger partial charge in [-0.05, 0) is 12.5 Å². The molecule has 0 unspecified atom stereocenters. The van der Waals surface area contributed by atoms with Crippen LogP contribution in [0.25, 0.3) is 0 Å². The first kappa shape index (κ1) is 18.2. The van der Waals surface area contributed by atoms with Crippen LogP contribution in [0.1, 0.15) is 15.9 Å². The predicted molar refractivity (Wildman–Crippen MR) is 78.6 cm³/mol. The van der Waals surface area contributed by atoms with Gasteiger partial charge in [0.15, 0.2) is 17.4 Å². The minimum Gasteiger partial charge on any atom is -0.491 e. The largest absolute Gasteiger partial charge is 0.491 e. The third kappa shape index (κ3) is 3.23. The Morgan fingerprint density at radius 2 is 1.68 bits per heavy atom. The number of hydrogen-bond donors (Lipinski definition) is 1. The molecule has 0 radical (unpaired) electrons. The lowest BCUT2D eigenvalue weighted by Crippen LogP contribution is -2.19. The summed E-state index contributed by atoms with van der Waals surface area (Å²) in [4.78, 5) is 22.1. The summed E-state index contributed by atoms with van der Waals surface area (Å²) in [6, 6.07) is 3.38. The van der Waals surface area contributed by atoms with E-state index in [1.54, 1.807) is 0 Å². The first-order valence-corrected chi connectivity index (χ1v) is 6.65. The number of nitrogens with one attached hydrogen (secondary N) is 1. The van der Waals surface area contributed by atoms with E-state index in [9.17, 15) is 32.5 Å². The van der Waals surface area contributed by atoms with Gasteiger partial charge in [0, 0.05) is 12.1 Å². The van der Waals surface area contributed by atoms with Crippen molar-refractivity contribution in [1.82, 2.24) is 0 Å². The van der Waals surface area contributed by atoms with Crippen molar-refractivity contribution < 1.29 is 32.0 Å². The van der Waals surface area contributed by atoms with Gasteiger partial charge in [0.1, 0.15) is 5.56 Å². The Kier molecular flexibility index (Phi) is 4.91. The normalized spacial score (nSPS) is 10.5. The van der Waals surface area contributed by atoms with E-state index in [1.165, 1.54) is 13.0 Å². The van der Waals surface area contributed by atoms with Crippen LogP contribution in [0.3, 0.4) is 0 Å². The fourth-order valence-corrected chi connectivity index (χ4v) is 2.03. The summed E-state index contributed by atoms with van der Waals surface area (Å²) in [7, 11) is 0.798. The maximum atomic E-state index is 13.9. The molecule has 0 fully saturated rings. The number of halogens is 4. The van der Waals surface area contributed by atoms with Crippen LogP contribution in [0.2, 0.25) is 0 Å². The van der Waals surface area contributed by atoms with Gasteiger partial charge in [0.05, 0.1) is 17.7 Å². The zero-order valence-corrected chi connectivity index (χ0v) is 12.8. The van der Waals surface area contributed by atoms with Crippen molar-refractivity contribution >= 4 is 17.3 Å². The van der Waals surface area contributed by atoms with E-state index in [1.807, 2.05) is 5.32 Å². The second-order valence-corrected chi connectivity index (χ2v) is 4.87. The van der Waals surface area contributed by atoms with E-state index in [-0.39, 0.29) is 5.69 Å². The maximum absolute atomic E-state index is 13.9. The van der Waals surface area contributed by atoms with Crippen LogP contribution in [-0.4, -0.2) is 17.9 Å². The molecule has 0 bridgehead atoms. The Labute approximate surface area is 138 Å². The van der Waals surface area contributed by atoms with Gasteiger partial charge in [-0.1, -0.05) is 6.07 Å². The molecule has 0 atom stereocenters. The van der Waals surface area contributed by atoms with E-state index in [2.05, 4.69) is 4.74 Å². The third-order valence-electron chi connectivity index (χ3n) is 3.33. The molecule has 10 heteroatoms. The minimum atomic E-state index is -1.95. The van der Waals surface area contributed by atoms with Gasteiger partial charge in [-0.25, -0.2) is 8.78 Å². The number of benzene rings is 2. The van der Waals surface area contributed by atoms with Gasteiger partial charge < -0.3 is 10.1 Å². The van der Waals surface area contributed by atoms with Crippen molar-refractivity contribution in [1.29, 1.82) is 0 Å². The standard InChI is InChI=1S/C15H10F4N2O4/c1-6-3-4-7(21(23)24)5-8(6)20-15(22)9-10(16)12(18)14(25-2)13(19)11(9)17/h3-5H,1-2H3,(H,20,22). The Bertz CT molecular complexity index is 857. The van der Waals surface area contributed by atoms with Crippen molar-refractivity contribution in [3.63, 3.8) is 0 Å². The van der Waals surface area contributed by atoms with Crippen LogP contribution in [0.5, 0.6) is 5.75 Å². The summed E-state index contributed by atoms with van der Waals surface area (Å²) in [6.45, 7) is 1.46. The lowest BCUT2D eigenvalue weighted by atomic mass is 10.1. The number of ether oxygens (including phenoxy) is 1. The molecule has 0 aliphatic heterocycles. The highest BCUT2D eigenvalue weighted by Gasteiger charge is 2.30. The summed E-state index contributed by atoms with van der Waals surface area (Å²) < 4.78 is 59.4. The van der Waals surface area contributed by atoms with E-state index in [4.69, 9.17) is 0 Å². The van der Waals surface area contributed by atoms with E-state index < -0.39 is 51.1 Å². The Balaban J connectivity index is 2.50. The average molecular weight is 358 g/mol. The number of nitrogens with zero attached hydrogens (tertiary/aromatic N) is 1. The quantitative estimate of drug-likeness (QED) is 0.391. The number of anilines is 1. The highest BCUT2D eigenvalue weighted by atomic mass is 19.2. The molecule has 0 spiro atoms. The number of nitro benzene ring substituents is 1. The van der Waals surface area contributed by atoms with Gasteiger partial charge in [-0.2, -0.15) is 8.78 Å².